The summed E-state index contributed by atoms with van der Waals surface area (Å²) in [6, 6.07) is 19.4. The molecule has 0 spiro atoms. The zero-order valence-electron chi connectivity index (χ0n) is 19.6. The second kappa shape index (κ2) is 12.9. The second-order valence-electron chi connectivity index (χ2n) is 7.29. The first-order chi connectivity index (χ1) is 17.4. The Bertz CT molecular complexity index is 1320. The molecule has 2 amide bonds. The predicted octanol–water partition coefficient (Wildman–Crippen LogP) is 3.80. The number of carbonyl (C=O) groups excluding carboxylic acids is 2. The van der Waals surface area contributed by atoms with E-state index in [9.17, 15) is 14.9 Å². The molecule has 3 aromatic carbocycles. The number of amides is 2. The summed E-state index contributed by atoms with van der Waals surface area (Å²) in [5.41, 5.74) is 4.76. The number of carbonyl (C=O) groups is 2. The Kier molecular flexibility index (Phi) is 9.42. The molecule has 0 aliphatic rings. The highest BCUT2D eigenvalue weighted by Crippen LogP contribution is 2.28. The maximum absolute atomic E-state index is 12.3. The van der Waals surface area contributed by atoms with Gasteiger partial charge in [0.25, 0.3) is 11.8 Å². The summed E-state index contributed by atoms with van der Waals surface area (Å²) < 4.78 is 16.8. The SMILES string of the molecule is COc1ccc(C(=O)NCC(=O)NN=Cc2ccc(OCc3ccccc3C#N)c(Br)c2)cc1OC. The molecule has 0 aliphatic heterocycles. The Morgan fingerprint density at radius 1 is 1.03 bits per heavy atom. The predicted molar refractivity (Wildman–Crippen MR) is 137 cm³/mol. The minimum atomic E-state index is -0.491. The molecule has 0 bridgehead atoms. The minimum Gasteiger partial charge on any atom is -0.493 e. The Morgan fingerprint density at radius 3 is 2.50 bits per heavy atom. The molecule has 2 N–H and O–H groups in total. The van der Waals surface area contributed by atoms with Crippen molar-refractivity contribution in [1.29, 1.82) is 5.26 Å². The molecule has 0 aliphatic carbocycles. The van der Waals surface area contributed by atoms with E-state index in [1.165, 1.54) is 26.5 Å². The van der Waals surface area contributed by atoms with Gasteiger partial charge in [-0.2, -0.15) is 10.4 Å². The van der Waals surface area contributed by atoms with Crippen molar-refractivity contribution in [2.45, 2.75) is 6.61 Å². The van der Waals surface area contributed by atoms with Crippen LogP contribution in [-0.2, 0) is 11.4 Å². The third-order valence-corrected chi connectivity index (χ3v) is 5.55. The van der Waals surface area contributed by atoms with E-state index in [2.05, 4.69) is 37.8 Å². The number of nitriles is 1. The number of ether oxygens (including phenoxy) is 3. The lowest BCUT2D eigenvalue weighted by molar-refractivity contribution is -0.120. The number of rotatable bonds is 10. The van der Waals surface area contributed by atoms with Crippen molar-refractivity contribution in [2.24, 2.45) is 5.10 Å². The first-order valence-corrected chi connectivity index (χ1v) is 11.5. The van der Waals surface area contributed by atoms with Gasteiger partial charge in [-0.05, 0) is 64.0 Å². The summed E-state index contributed by atoms with van der Waals surface area (Å²) in [4.78, 5) is 24.4. The van der Waals surface area contributed by atoms with Gasteiger partial charge in [-0.15, -0.1) is 0 Å². The lowest BCUT2D eigenvalue weighted by atomic mass is 10.1. The van der Waals surface area contributed by atoms with Crippen LogP contribution in [0.4, 0.5) is 0 Å². The molecule has 0 heterocycles. The van der Waals surface area contributed by atoms with E-state index in [4.69, 9.17) is 14.2 Å². The van der Waals surface area contributed by atoms with E-state index >= 15 is 0 Å². The smallest absolute Gasteiger partial charge is 0.259 e. The van der Waals surface area contributed by atoms with E-state index in [1.807, 2.05) is 12.1 Å². The van der Waals surface area contributed by atoms with Crippen molar-refractivity contribution in [1.82, 2.24) is 10.7 Å². The maximum Gasteiger partial charge on any atom is 0.259 e. The first kappa shape index (κ1) is 26.2. The number of hydrogen-bond donors (Lipinski definition) is 2. The van der Waals surface area contributed by atoms with E-state index in [0.29, 0.717) is 38.4 Å². The van der Waals surface area contributed by atoms with Crippen LogP contribution in [0.1, 0.15) is 27.0 Å². The van der Waals surface area contributed by atoms with E-state index in [0.717, 1.165) is 5.56 Å². The molecular formula is C26H23BrN4O5. The van der Waals surface area contributed by atoms with Gasteiger partial charge in [0.15, 0.2) is 11.5 Å². The van der Waals surface area contributed by atoms with E-state index in [-0.39, 0.29) is 13.2 Å². The second-order valence-corrected chi connectivity index (χ2v) is 8.15. The molecule has 10 heteroatoms. The molecule has 3 aromatic rings. The number of nitrogens with one attached hydrogen (secondary N) is 2. The fourth-order valence-electron chi connectivity index (χ4n) is 3.08. The van der Waals surface area contributed by atoms with Crippen LogP contribution in [0, 0.1) is 11.3 Å². The van der Waals surface area contributed by atoms with Gasteiger partial charge in [-0.25, -0.2) is 5.43 Å². The number of hydrazone groups is 1. The van der Waals surface area contributed by atoms with Crippen molar-refractivity contribution in [3.8, 4) is 23.3 Å². The Hall–Kier alpha value is -4.36. The maximum atomic E-state index is 12.3. The normalized spacial score (nSPS) is 10.4. The Balaban J connectivity index is 1.49. The average Bonchev–Trinajstić information content (AvgIpc) is 2.90. The molecule has 3 rings (SSSR count). The first-order valence-electron chi connectivity index (χ1n) is 10.7. The summed E-state index contributed by atoms with van der Waals surface area (Å²) in [5, 5.41) is 15.6. The highest BCUT2D eigenvalue weighted by molar-refractivity contribution is 9.10. The molecule has 0 saturated heterocycles. The zero-order chi connectivity index (χ0) is 25.9. The highest BCUT2D eigenvalue weighted by atomic mass is 79.9. The summed E-state index contributed by atoms with van der Waals surface area (Å²) >= 11 is 3.46. The third kappa shape index (κ3) is 7.07. The summed E-state index contributed by atoms with van der Waals surface area (Å²) in [7, 11) is 2.97. The van der Waals surface area contributed by atoms with Crippen LogP contribution in [0.2, 0.25) is 0 Å². The van der Waals surface area contributed by atoms with Crippen molar-refractivity contribution in [3.63, 3.8) is 0 Å². The Morgan fingerprint density at radius 2 is 1.78 bits per heavy atom. The third-order valence-electron chi connectivity index (χ3n) is 4.94. The lowest BCUT2D eigenvalue weighted by Gasteiger charge is -2.10. The minimum absolute atomic E-state index is 0.251. The number of methoxy groups -OCH3 is 2. The summed E-state index contributed by atoms with van der Waals surface area (Å²) in [6.07, 6.45) is 1.47. The molecule has 36 heavy (non-hydrogen) atoms. The average molecular weight is 551 g/mol. The Labute approximate surface area is 216 Å². The number of hydrogen-bond acceptors (Lipinski definition) is 7. The number of benzene rings is 3. The lowest BCUT2D eigenvalue weighted by Crippen LogP contribution is -2.34. The van der Waals surface area contributed by atoms with Crippen molar-refractivity contribution in [3.05, 3.63) is 87.4 Å². The molecular weight excluding hydrogens is 528 g/mol. The van der Waals surface area contributed by atoms with E-state index < -0.39 is 11.8 Å². The van der Waals surface area contributed by atoms with Crippen molar-refractivity contribution >= 4 is 34.0 Å². The zero-order valence-corrected chi connectivity index (χ0v) is 21.2. The van der Waals surface area contributed by atoms with E-state index in [1.54, 1.807) is 42.5 Å². The fraction of sp³-hybridized carbons (Fsp3) is 0.154. The van der Waals surface area contributed by atoms with Gasteiger partial charge in [0.2, 0.25) is 0 Å². The molecule has 9 nitrogen and oxygen atoms in total. The molecule has 0 atom stereocenters. The van der Waals surface area contributed by atoms with Crippen LogP contribution in [0.25, 0.3) is 0 Å². The molecule has 0 aromatic heterocycles. The van der Waals surface area contributed by atoms with Crippen molar-refractivity contribution in [2.75, 3.05) is 20.8 Å². The van der Waals surface area contributed by atoms with Crippen LogP contribution in [0.15, 0.2) is 70.2 Å². The molecule has 0 saturated carbocycles. The number of halogens is 1. The largest absolute Gasteiger partial charge is 0.493 e. The van der Waals surface area contributed by atoms with Crippen LogP contribution >= 0.6 is 15.9 Å². The molecule has 0 unspecified atom stereocenters. The van der Waals surface area contributed by atoms with Gasteiger partial charge in [0, 0.05) is 11.1 Å². The fourth-order valence-corrected chi connectivity index (χ4v) is 3.59. The van der Waals surface area contributed by atoms with Crippen LogP contribution < -0.4 is 25.0 Å². The van der Waals surface area contributed by atoms with Crippen molar-refractivity contribution < 1.29 is 23.8 Å². The molecule has 184 valence electrons. The standard InChI is InChI=1S/C26H23BrN4O5/c1-34-23-10-8-18(12-24(23)35-2)26(33)29-15-25(32)31-30-14-17-7-9-22(21(27)11-17)36-16-20-6-4-3-5-19(20)13-28/h3-12,14H,15-16H2,1-2H3,(H,29,33)(H,31,32). The van der Waals surface area contributed by atoms with Crippen LogP contribution in [-0.4, -0.2) is 38.8 Å². The van der Waals surface area contributed by atoms with Gasteiger partial charge in [0.1, 0.15) is 12.4 Å². The van der Waals surface area contributed by atoms with Crippen LogP contribution in [0.3, 0.4) is 0 Å². The summed E-state index contributed by atoms with van der Waals surface area (Å²) in [5.74, 6) is 0.578. The summed E-state index contributed by atoms with van der Waals surface area (Å²) in [6.45, 7) is -0.00792. The van der Waals surface area contributed by atoms with Gasteiger partial charge < -0.3 is 19.5 Å². The molecule has 0 radical (unpaired) electrons. The highest BCUT2D eigenvalue weighted by Gasteiger charge is 2.12. The van der Waals surface area contributed by atoms with Crippen LogP contribution in [0.5, 0.6) is 17.2 Å². The monoisotopic (exact) mass is 550 g/mol. The van der Waals surface area contributed by atoms with Gasteiger partial charge in [0.05, 0.1) is 43.1 Å². The van der Waals surface area contributed by atoms with Gasteiger partial charge >= 0.3 is 0 Å². The number of nitrogens with zero attached hydrogens (tertiary/aromatic N) is 2. The topological polar surface area (TPSA) is 122 Å². The van der Waals surface area contributed by atoms with Gasteiger partial charge in [-0.1, -0.05) is 18.2 Å². The van der Waals surface area contributed by atoms with Gasteiger partial charge in [-0.3, -0.25) is 9.59 Å². The molecule has 0 fully saturated rings. The quantitative estimate of drug-likeness (QED) is 0.292.